The third-order valence-corrected chi connectivity index (χ3v) is 1.10. The molecule has 0 aliphatic carbocycles. The summed E-state index contributed by atoms with van der Waals surface area (Å²) in [5, 5.41) is 0. The first-order valence-corrected chi connectivity index (χ1v) is 2.88. The molecule has 0 fully saturated rings. The van der Waals surface area contributed by atoms with Gasteiger partial charge in [0.05, 0.1) is 5.69 Å². The first-order chi connectivity index (χ1) is 4.72. The molecule has 4 N–H and O–H groups in total. The first kappa shape index (κ1) is 6.61. The van der Waals surface area contributed by atoms with Crippen LogP contribution in [0.2, 0.25) is 0 Å². The van der Waals surface area contributed by atoms with Crippen molar-refractivity contribution < 1.29 is 0 Å². The van der Waals surface area contributed by atoms with Crippen LogP contribution in [0.5, 0.6) is 0 Å². The number of nitrogens with two attached hydrogens (primary N) is 2. The number of pyridine rings is 1. The zero-order valence-corrected chi connectivity index (χ0v) is 5.54. The van der Waals surface area contributed by atoms with E-state index in [9.17, 15) is 0 Å². The van der Waals surface area contributed by atoms with Crippen molar-refractivity contribution in [3.05, 3.63) is 24.4 Å². The lowest BCUT2D eigenvalue weighted by molar-refractivity contribution is 1.31. The molecule has 0 saturated carbocycles. The van der Waals surface area contributed by atoms with Crippen LogP contribution in [0.25, 0.3) is 6.08 Å². The Hall–Kier alpha value is -1.51. The predicted molar refractivity (Wildman–Crippen MR) is 43.2 cm³/mol. The van der Waals surface area contributed by atoms with E-state index >= 15 is 0 Å². The van der Waals surface area contributed by atoms with Gasteiger partial charge in [0.15, 0.2) is 0 Å². The number of aromatic nitrogens is 1. The zero-order valence-electron chi connectivity index (χ0n) is 5.54. The normalized spacial score (nSPS) is 9.20. The molecule has 1 aromatic rings. The fraction of sp³-hybridized carbons (Fsp3) is 0. The zero-order chi connectivity index (χ0) is 7.56. The van der Waals surface area contributed by atoms with Gasteiger partial charge >= 0.3 is 0 Å². The average Bonchev–Trinajstić information content (AvgIpc) is 1.85. The minimum Gasteiger partial charge on any atom is -0.399 e. The van der Waals surface area contributed by atoms with E-state index in [0.29, 0.717) is 17.2 Å². The Bertz CT molecular complexity index is 235. The molecule has 1 heterocycles. The molecular formula is C7H9N3. The summed E-state index contributed by atoms with van der Waals surface area (Å²) in [5.41, 5.74) is 12.2. The lowest BCUT2D eigenvalue weighted by atomic mass is 10.3. The maximum absolute atomic E-state index is 5.47. The second-order valence-electron chi connectivity index (χ2n) is 1.95. The van der Waals surface area contributed by atoms with E-state index in [1.54, 1.807) is 18.2 Å². The van der Waals surface area contributed by atoms with E-state index in [1.165, 1.54) is 0 Å². The van der Waals surface area contributed by atoms with E-state index in [4.69, 9.17) is 11.5 Å². The van der Waals surface area contributed by atoms with Gasteiger partial charge in [-0.15, -0.1) is 0 Å². The van der Waals surface area contributed by atoms with Gasteiger partial charge < -0.3 is 11.5 Å². The molecule has 3 heteroatoms. The van der Waals surface area contributed by atoms with Crippen LogP contribution in [0.1, 0.15) is 5.69 Å². The quantitative estimate of drug-likeness (QED) is 0.601. The molecule has 0 saturated heterocycles. The van der Waals surface area contributed by atoms with Crippen molar-refractivity contribution in [3.63, 3.8) is 0 Å². The third kappa shape index (κ3) is 1.25. The highest BCUT2D eigenvalue weighted by Crippen LogP contribution is 2.09. The van der Waals surface area contributed by atoms with Crippen molar-refractivity contribution in [3.8, 4) is 0 Å². The molecule has 10 heavy (non-hydrogen) atoms. The molecule has 0 unspecified atom stereocenters. The van der Waals surface area contributed by atoms with Gasteiger partial charge in [0, 0.05) is 11.8 Å². The van der Waals surface area contributed by atoms with Crippen LogP contribution in [0.4, 0.5) is 11.5 Å². The summed E-state index contributed by atoms with van der Waals surface area (Å²) in [6.45, 7) is 3.54. The van der Waals surface area contributed by atoms with Crippen molar-refractivity contribution in [2.24, 2.45) is 0 Å². The third-order valence-electron chi connectivity index (χ3n) is 1.10. The topological polar surface area (TPSA) is 64.9 Å². The standard InChI is InChI=1S/C7H9N3/c1-2-6-3-5(8)4-7(9)10-6/h2-4H,1H2,(H4,8,9,10). The van der Waals surface area contributed by atoms with Crippen molar-refractivity contribution in [1.82, 2.24) is 4.98 Å². The summed E-state index contributed by atoms with van der Waals surface area (Å²) in [7, 11) is 0. The smallest absolute Gasteiger partial charge is 0.126 e. The molecule has 0 radical (unpaired) electrons. The van der Waals surface area contributed by atoms with E-state index in [0.717, 1.165) is 0 Å². The van der Waals surface area contributed by atoms with Gasteiger partial charge in [0.1, 0.15) is 5.82 Å². The molecule has 0 aliphatic heterocycles. The Morgan fingerprint density at radius 1 is 1.40 bits per heavy atom. The van der Waals surface area contributed by atoms with Crippen molar-refractivity contribution in [2.45, 2.75) is 0 Å². The van der Waals surface area contributed by atoms with E-state index in [1.807, 2.05) is 0 Å². The van der Waals surface area contributed by atoms with E-state index in [-0.39, 0.29) is 0 Å². The second-order valence-corrected chi connectivity index (χ2v) is 1.95. The molecule has 0 aliphatic rings. The van der Waals surface area contributed by atoms with E-state index < -0.39 is 0 Å². The van der Waals surface area contributed by atoms with Crippen LogP contribution in [0.15, 0.2) is 18.7 Å². The van der Waals surface area contributed by atoms with Crippen LogP contribution in [0, 0.1) is 0 Å². The van der Waals surface area contributed by atoms with Gasteiger partial charge in [-0.1, -0.05) is 6.58 Å². The molecule has 0 amide bonds. The number of hydrogen-bond acceptors (Lipinski definition) is 3. The van der Waals surface area contributed by atoms with Crippen LogP contribution < -0.4 is 11.5 Å². The molecule has 52 valence electrons. The summed E-state index contributed by atoms with van der Waals surface area (Å²) in [4.78, 5) is 3.93. The lowest BCUT2D eigenvalue weighted by Gasteiger charge is -1.97. The monoisotopic (exact) mass is 135 g/mol. The highest BCUT2D eigenvalue weighted by atomic mass is 14.8. The molecule has 0 atom stereocenters. The lowest BCUT2D eigenvalue weighted by Crippen LogP contribution is -1.94. The molecule has 1 aromatic heterocycles. The van der Waals surface area contributed by atoms with Gasteiger partial charge in [-0.25, -0.2) is 4.98 Å². The average molecular weight is 135 g/mol. The van der Waals surface area contributed by atoms with Crippen molar-refractivity contribution in [2.75, 3.05) is 11.5 Å². The maximum Gasteiger partial charge on any atom is 0.126 e. The van der Waals surface area contributed by atoms with Crippen LogP contribution in [-0.4, -0.2) is 4.98 Å². The van der Waals surface area contributed by atoms with Crippen LogP contribution >= 0.6 is 0 Å². The number of hydrogen-bond donors (Lipinski definition) is 2. The minimum absolute atomic E-state index is 0.426. The molecule has 0 spiro atoms. The molecule has 1 rings (SSSR count). The number of nitrogens with zero attached hydrogens (tertiary/aromatic N) is 1. The summed E-state index contributed by atoms with van der Waals surface area (Å²) in [5.74, 6) is 0.426. The highest BCUT2D eigenvalue weighted by Gasteiger charge is 1.91. The second kappa shape index (κ2) is 2.39. The minimum atomic E-state index is 0.426. The number of nitrogen functional groups attached to an aromatic ring is 2. The summed E-state index contributed by atoms with van der Waals surface area (Å²) < 4.78 is 0. The Morgan fingerprint density at radius 2 is 2.10 bits per heavy atom. The molecular weight excluding hydrogens is 126 g/mol. The van der Waals surface area contributed by atoms with Crippen molar-refractivity contribution >= 4 is 17.6 Å². The van der Waals surface area contributed by atoms with Gasteiger partial charge in [0.2, 0.25) is 0 Å². The largest absolute Gasteiger partial charge is 0.399 e. The van der Waals surface area contributed by atoms with Gasteiger partial charge in [-0.2, -0.15) is 0 Å². The summed E-state index contributed by atoms with van der Waals surface area (Å²) in [6, 6.07) is 3.32. The maximum atomic E-state index is 5.47. The first-order valence-electron chi connectivity index (χ1n) is 2.88. The molecule has 0 bridgehead atoms. The molecule has 3 nitrogen and oxygen atoms in total. The fourth-order valence-electron chi connectivity index (χ4n) is 0.701. The van der Waals surface area contributed by atoms with Crippen molar-refractivity contribution in [1.29, 1.82) is 0 Å². The number of rotatable bonds is 1. The SMILES string of the molecule is C=Cc1cc(N)cc(N)n1. The summed E-state index contributed by atoms with van der Waals surface area (Å²) in [6.07, 6.45) is 1.60. The Kier molecular flexibility index (Phi) is 1.58. The number of anilines is 2. The Balaban J connectivity index is 3.18. The van der Waals surface area contributed by atoms with Gasteiger partial charge in [-0.05, 0) is 12.1 Å². The summed E-state index contributed by atoms with van der Waals surface area (Å²) >= 11 is 0. The van der Waals surface area contributed by atoms with Crippen LogP contribution in [-0.2, 0) is 0 Å². The Morgan fingerprint density at radius 3 is 2.60 bits per heavy atom. The van der Waals surface area contributed by atoms with Gasteiger partial charge in [0.25, 0.3) is 0 Å². The van der Waals surface area contributed by atoms with Gasteiger partial charge in [-0.3, -0.25) is 0 Å². The fourth-order valence-corrected chi connectivity index (χ4v) is 0.701. The predicted octanol–water partition coefficient (Wildman–Crippen LogP) is 0.889. The van der Waals surface area contributed by atoms with E-state index in [2.05, 4.69) is 11.6 Å². The Labute approximate surface area is 59.4 Å². The molecule has 0 aromatic carbocycles. The highest BCUT2D eigenvalue weighted by molar-refractivity contribution is 5.55. The van der Waals surface area contributed by atoms with Crippen LogP contribution in [0.3, 0.4) is 0 Å².